The molecule has 1 aromatic heterocycles. The standard InChI is InChI=1S/C30H40FN3O4/c1-37-26-13-10-21(16-20-8-9-20)17-24(26)28(30(35)36)34-18-25(31)27(19-34)38-15-4-2-3-7-23-12-11-22-6-5-14-32-29(22)33-23/h10-13,17,20,25,27-28H,2-9,14-16,18-19H2,1H3,(H,32,33)(H,35,36)/t25-,27+,28?/m0/s1. The second-order valence-corrected chi connectivity index (χ2v) is 11.0. The van der Waals surface area contributed by atoms with E-state index in [9.17, 15) is 14.3 Å². The molecule has 3 aliphatic rings. The predicted octanol–water partition coefficient (Wildman–Crippen LogP) is 4.98. The van der Waals surface area contributed by atoms with Gasteiger partial charge in [-0.05, 0) is 86.6 Å². The van der Waals surface area contributed by atoms with Gasteiger partial charge in [0.1, 0.15) is 29.9 Å². The van der Waals surface area contributed by atoms with Crippen LogP contribution in [-0.2, 0) is 28.8 Å². The first-order chi connectivity index (χ1) is 18.5. The molecule has 2 fully saturated rings. The highest BCUT2D eigenvalue weighted by atomic mass is 19.1. The van der Waals surface area contributed by atoms with Crippen molar-refractivity contribution in [1.82, 2.24) is 9.88 Å². The highest BCUT2D eigenvalue weighted by Crippen LogP contribution is 2.37. The number of fused-ring (bicyclic) bond motifs is 1. The number of nitrogens with one attached hydrogen (secondary N) is 1. The zero-order chi connectivity index (χ0) is 26.5. The lowest BCUT2D eigenvalue weighted by atomic mass is 9.99. The maximum absolute atomic E-state index is 14.9. The number of hydrogen-bond acceptors (Lipinski definition) is 6. The minimum atomic E-state index is -1.22. The molecule has 0 spiro atoms. The van der Waals surface area contributed by atoms with Gasteiger partial charge in [0.2, 0.25) is 0 Å². The van der Waals surface area contributed by atoms with Crippen LogP contribution in [0.4, 0.5) is 10.2 Å². The fourth-order valence-corrected chi connectivity index (χ4v) is 5.72. The molecule has 1 saturated heterocycles. The molecule has 206 valence electrons. The van der Waals surface area contributed by atoms with Gasteiger partial charge in [0.05, 0.1) is 7.11 Å². The number of aryl methyl sites for hydroxylation is 2. The highest BCUT2D eigenvalue weighted by molar-refractivity contribution is 5.77. The van der Waals surface area contributed by atoms with Gasteiger partial charge in [0, 0.05) is 37.5 Å². The number of carboxylic acid groups (broad SMARTS) is 1. The molecule has 2 aliphatic heterocycles. The van der Waals surface area contributed by atoms with E-state index in [4.69, 9.17) is 14.5 Å². The Morgan fingerprint density at radius 1 is 1.21 bits per heavy atom. The Morgan fingerprint density at radius 3 is 2.87 bits per heavy atom. The summed E-state index contributed by atoms with van der Waals surface area (Å²) in [6, 6.07) is 9.13. The molecule has 2 aromatic rings. The lowest BCUT2D eigenvalue weighted by Gasteiger charge is -2.26. The summed E-state index contributed by atoms with van der Waals surface area (Å²) in [6.45, 7) is 1.74. The van der Waals surface area contributed by atoms with Gasteiger partial charge < -0.3 is 19.9 Å². The number of unbranched alkanes of at least 4 members (excludes halogenated alkanes) is 2. The summed E-state index contributed by atoms with van der Waals surface area (Å²) in [6.07, 6.45) is 7.54. The van der Waals surface area contributed by atoms with E-state index >= 15 is 0 Å². The fraction of sp³-hybridized carbons (Fsp3) is 0.600. The highest BCUT2D eigenvalue weighted by Gasteiger charge is 2.41. The van der Waals surface area contributed by atoms with Gasteiger partial charge in [-0.25, -0.2) is 9.37 Å². The number of methoxy groups -OCH3 is 1. The largest absolute Gasteiger partial charge is 0.496 e. The summed E-state index contributed by atoms with van der Waals surface area (Å²) in [4.78, 5) is 18.8. The third-order valence-electron chi connectivity index (χ3n) is 8.00. The van der Waals surface area contributed by atoms with Crippen LogP contribution < -0.4 is 10.1 Å². The second-order valence-electron chi connectivity index (χ2n) is 11.0. The van der Waals surface area contributed by atoms with E-state index in [1.165, 1.54) is 18.4 Å². The predicted molar refractivity (Wildman–Crippen MR) is 145 cm³/mol. The van der Waals surface area contributed by atoms with Crippen LogP contribution in [0.5, 0.6) is 5.75 Å². The number of rotatable bonds is 13. The summed E-state index contributed by atoms with van der Waals surface area (Å²) >= 11 is 0. The van der Waals surface area contributed by atoms with E-state index in [0.29, 0.717) is 23.8 Å². The first-order valence-electron chi connectivity index (χ1n) is 14.1. The summed E-state index contributed by atoms with van der Waals surface area (Å²) in [5.74, 6) is 1.25. The number of likely N-dealkylation sites (tertiary alicyclic amines) is 1. The molecule has 1 aliphatic carbocycles. The Morgan fingerprint density at radius 2 is 2.08 bits per heavy atom. The number of hydrogen-bond donors (Lipinski definition) is 2. The fourth-order valence-electron chi connectivity index (χ4n) is 5.72. The van der Waals surface area contributed by atoms with Gasteiger partial charge in [0.25, 0.3) is 0 Å². The number of benzene rings is 1. The lowest BCUT2D eigenvalue weighted by molar-refractivity contribution is -0.143. The molecule has 0 radical (unpaired) electrons. The zero-order valence-corrected chi connectivity index (χ0v) is 22.3. The zero-order valence-electron chi connectivity index (χ0n) is 22.3. The van der Waals surface area contributed by atoms with Crippen molar-refractivity contribution in [2.45, 2.75) is 76.1 Å². The molecule has 5 rings (SSSR count). The summed E-state index contributed by atoms with van der Waals surface area (Å²) in [5, 5.41) is 13.5. The van der Waals surface area contributed by atoms with Crippen molar-refractivity contribution in [3.8, 4) is 5.75 Å². The third kappa shape index (κ3) is 6.64. The summed E-state index contributed by atoms with van der Waals surface area (Å²) < 4.78 is 26.4. The molecule has 1 unspecified atom stereocenters. The van der Waals surface area contributed by atoms with Gasteiger partial charge in [-0.15, -0.1) is 0 Å². The smallest absolute Gasteiger partial charge is 0.325 e. The van der Waals surface area contributed by atoms with Crippen LogP contribution in [0.3, 0.4) is 0 Å². The Balaban J connectivity index is 1.10. The van der Waals surface area contributed by atoms with E-state index < -0.39 is 24.3 Å². The van der Waals surface area contributed by atoms with Crippen LogP contribution in [-0.4, -0.2) is 66.6 Å². The van der Waals surface area contributed by atoms with Gasteiger partial charge in [-0.1, -0.05) is 18.6 Å². The van der Waals surface area contributed by atoms with Crippen molar-refractivity contribution < 1.29 is 23.8 Å². The maximum Gasteiger partial charge on any atom is 0.325 e. The van der Waals surface area contributed by atoms with Crippen LogP contribution in [0, 0.1) is 5.92 Å². The molecule has 3 heterocycles. The number of carboxylic acids is 1. The first kappa shape index (κ1) is 26.9. The van der Waals surface area contributed by atoms with Crippen LogP contribution in [0.2, 0.25) is 0 Å². The van der Waals surface area contributed by atoms with Gasteiger partial charge in [-0.2, -0.15) is 0 Å². The number of carbonyl (C=O) groups is 1. The number of halogens is 1. The Kier molecular flexibility index (Phi) is 8.79. The number of alkyl halides is 1. The van der Waals surface area contributed by atoms with Crippen molar-refractivity contribution in [2.24, 2.45) is 5.92 Å². The average molecular weight is 526 g/mol. The maximum atomic E-state index is 14.9. The second kappa shape index (κ2) is 12.4. The normalized spacial score (nSPS) is 22.1. The van der Waals surface area contributed by atoms with Crippen molar-refractivity contribution in [3.05, 3.63) is 52.7 Å². The van der Waals surface area contributed by atoms with E-state index in [-0.39, 0.29) is 13.1 Å². The van der Waals surface area contributed by atoms with Crippen LogP contribution in [0.15, 0.2) is 30.3 Å². The van der Waals surface area contributed by atoms with Gasteiger partial charge >= 0.3 is 5.97 Å². The molecule has 2 N–H and O–H groups in total. The minimum Gasteiger partial charge on any atom is -0.496 e. The van der Waals surface area contributed by atoms with Crippen molar-refractivity contribution >= 4 is 11.8 Å². The first-order valence-corrected chi connectivity index (χ1v) is 14.1. The quantitative estimate of drug-likeness (QED) is 0.357. The van der Waals surface area contributed by atoms with E-state index in [0.717, 1.165) is 68.6 Å². The number of pyridine rings is 1. The van der Waals surface area contributed by atoms with E-state index in [1.807, 2.05) is 18.2 Å². The van der Waals surface area contributed by atoms with Crippen molar-refractivity contribution in [3.63, 3.8) is 0 Å². The number of anilines is 1. The molecule has 7 nitrogen and oxygen atoms in total. The SMILES string of the molecule is COc1ccc(CC2CC2)cc1C(C(=O)O)N1C[C@H](F)[C@H](OCCCCCc2ccc3c(n2)NCCC3)C1. The molecule has 1 aromatic carbocycles. The average Bonchev–Trinajstić information content (AvgIpc) is 3.66. The number of aliphatic carboxylic acids is 1. The van der Waals surface area contributed by atoms with Crippen LogP contribution in [0.1, 0.15) is 67.0 Å². The molecular weight excluding hydrogens is 485 g/mol. The van der Waals surface area contributed by atoms with Crippen LogP contribution in [0.25, 0.3) is 0 Å². The molecule has 0 bridgehead atoms. The lowest BCUT2D eigenvalue weighted by Crippen LogP contribution is -2.34. The van der Waals surface area contributed by atoms with Crippen molar-refractivity contribution in [2.75, 3.05) is 38.7 Å². The topological polar surface area (TPSA) is 83.9 Å². The summed E-state index contributed by atoms with van der Waals surface area (Å²) in [5.41, 5.74) is 4.11. The number of nitrogens with zero attached hydrogens (tertiary/aromatic N) is 2. The summed E-state index contributed by atoms with van der Waals surface area (Å²) in [7, 11) is 1.55. The Labute approximate surface area is 224 Å². The minimum absolute atomic E-state index is 0.0374. The van der Waals surface area contributed by atoms with E-state index in [1.54, 1.807) is 12.0 Å². The van der Waals surface area contributed by atoms with Crippen LogP contribution >= 0.6 is 0 Å². The number of ether oxygens (including phenoxy) is 2. The molecular formula is C30H40FN3O4. The Bertz CT molecular complexity index is 1110. The third-order valence-corrected chi connectivity index (χ3v) is 8.00. The Hall–Kier alpha value is -2.71. The number of aromatic nitrogens is 1. The molecule has 1 saturated carbocycles. The van der Waals surface area contributed by atoms with Crippen molar-refractivity contribution in [1.29, 1.82) is 0 Å². The monoisotopic (exact) mass is 525 g/mol. The molecule has 8 heteroatoms. The molecule has 3 atom stereocenters. The molecule has 0 amide bonds. The van der Waals surface area contributed by atoms with Gasteiger partial charge in [-0.3, -0.25) is 9.69 Å². The van der Waals surface area contributed by atoms with E-state index in [2.05, 4.69) is 17.4 Å². The van der Waals surface area contributed by atoms with Gasteiger partial charge in [0.15, 0.2) is 0 Å². The molecule has 38 heavy (non-hydrogen) atoms.